The van der Waals surface area contributed by atoms with Crippen LogP contribution in [0, 0.1) is 0 Å². The van der Waals surface area contributed by atoms with E-state index in [0.717, 1.165) is 6.07 Å². The van der Waals surface area contributed by atoms with Gasteiger partial charge in [0.05, 0.1) is 0 Å². The van der Waals surface area contributed by atoms with Crippen molar-refractivity contribution in [3.8, 4) is 11.5 Å². The van der Waals surface area contributed by atoms with Crippen LogP contribution >= 0.6 is 0 Å². The molecule has 0 saturated heterocycles. The molecule has 0 unspecified atom stereocenters. The van der Waals surface area contributed by atoms with Crippen molar-refractivity contribution in [2.45, 2.75) is 13.2 Å². The van der Waals surface area contributed by atoms with Crippen molar-refractivity contribution < 1.29 is 31.5 Å². The average Bonchev–Trinajstić information content (AvgIpc) is 2.96. The molecule has 0 radical (unpaired) electrons. The first-order chi connectivity index (χ1) is 12.0. The minimum atomic E-state index is -3.11. The highest BCUT2D eigenvalue weighted by molar-refractivity contribution is 5.76. The van der Waals surface area contributed by atoms with Gasteiger partial charge in [0.15, 0.2) is 5.58 Å². The number of halogens is 4. The first-order valence-electron chi connectivity index (χ1n) is 7.08. The van der Waals surface area contributed by atoms with Gasteiger partial charge in [-0.05, 0) is 30.3 Å². The first-order valence-corrected chi connectivity index (χ1v) is 7.08. The van der Waals surface area contributed by atoms with E-state index in [1.807, 2.05) is 0 Å². The topological polar surface area (TPSA) is 44.5 Å². The van der Waals surface area contributed by atoms with Crippen molar-refractivity contribution in [1.82, 2.24) is 4.98 Å². The zero-order chi connectivity index (χ0) is 17.8. The van der Waals surface area contributed by atoms with Crippen molar-refractivity contribution in [1.29, 1.82) is 0 Å². The molecular weight excluding hydrogens is 342 g/mol. The van der Waals surface area contributed by atoms with Crippen LogP contribution in [0.5, 0.6) is 11.5 Å². The molecule has 0 aliphatic heterocycles. The summed E-state index contributed by atoms with van der Waals surface area (Å²) >= 11 is 0. The van der Waals surface area contributed by atoms with Crippen molar-refractivity contribution in [2.24, 2.45) is 0 Å². The Bertz CT molecular complexity index is 859. The predicted molar refractivity (Wildman–Crippen MR) is 82.6 cm³/mol. The Balaban J connectivity index is 1.89. The Labute approximate surface area is 139 Å². The minimum absolute atomic E-state index is 0.226. The van der Waals surface area contributed by atoms with Crippen LogP contribution in [0.25, 0.3) is 23.3 Å². The molecule has 130 valence electrons. The predicted octanol–water partition coefficient (Wildman–Crippen LogP) is 5.20. The lowest BCUT2D eigenvalue weighted by Gasteiger charge is -2.11. The Kier molecular flexibility index (Phi) is 4.87. The standard InChI is InChI=1S/C17H11F4NO3/c18-16(19)23-11-7-5-10(14(9-11)25-17(20)21)6-8-15-22-12-3-1-2-4-13(12)24-15/h1-9,16-17H. The summed E-state index contributed by atoms with van der Waals surface area (Å²) in [6.07, 6.45) is 2.88. The van der Waals surface area contributed by atoms with Crippen LogP contribution < -0.4 is 9.47 Å². The van der Waals surface area contributed by atoms with Gasteiger partial charge in [-0.2, -0.15) is 17.6 Å². The molecule has 0 N–H and O–H groups in total. The van der Waals surface area contributed by atoms with E-state index in [1.54, 1.807) is 24.3 Å². The molecule has 0 atom stereocenters. The average molecular weight is 353 g/mol. The van der Waals surface area contributed by atoms with E-state index in [0.29, 0.717) is 11.1 Å². The second kappa shape index (κ2) is 7.25. The molecule has 3 rings (SSSR count). The molecular formula is C17H11F4NO3. The maximum absolute atomic E-state index is 12.5. The molecule has 0 amide bonds. The van der Waals surface area contributed by atoms with Gasteiger partial charge in [0, 0.05) is 17.7 Å². The van der Waals surface area contributed by atoms with Gasteiger partial charge in [0.25, 0.3) is 0 Å². The lowest BCUT2D eigenvalue weighted by molar-refractivity contribution is -0.0543. The fourth-order valence-electron chi connectivity index (χ4n) is 2.15. The summed E-state index contributed by atoms with van der Waals surface area (Å²) < 4.78 is 63.6. The third-order valence-corrected chi connectivity index (χ3v) is 3.14. The molecule has 0 saturated carbocycles. The van der Waals surface area contributed by atoms with E-state index in [2.05, 4.69) is 14.5 Å². The van der Waals surface area contributed by atoms with Gasteiger partial charge in [-0.3, -0.25) is 0 Å². The number of hydrogen-bond donors (Lipinski definition) is 0. The number of benzene rings is 2. The van der Waals surface area contributed by atoms with Gasteiger partial charge < -0.3 is 13.9 Å². The highest BCUT2D eigenvalue weighted by Crippen LogP contribution is 2.29. The summed E-state index contributed by atoms with van der Waals surface area (Å²) in [5.74, 6) is -0.331. The quantitative estimate of drug-likeness (QED) is 0.571. The van der Waals surface area contributed by atoms with Crippen molar-refractivity contribution in [2.75, 3.05) is 0 Å². The zero-order valence-electron chi connectivity index (χ0n) is 12.5. The smallest absolute Gasteiger partial charge is 0.387 e. The number of ether oxygens (including phenoxy) is 2. The fourth-order valence-corrected chi connectivity index (χ4v) is 2.15. The van der Waals surface area contributed by atoms with Gasteiger partial charge in [0.1, 0.15) is 17.0 Å². The summed E-state index contributed by atoms with van der Waals surface area (Å²) in [4.78, 5) is 4.21. The van der Waals surface area contributed by atoms with Gasteiger partial charge in [-0.1, -0.05) is 12.1 Å². The van der Waals surface area contributed by atoms with Crippen LogP contribution in [0.15, 0.2) is 46.9 Å². The van der Waals surface area contributed by atoms with Gasteiger partial charge in [-0.15, -0.1) is 0 Å². The SMILES string of the molecule is FC(F)Oc1ccc(C=Cc2nc3ccccc3o2)c(OC(F)F)c1. The minimum Gasteiger partial charge on any atom is -0.437 e. The Morgan fingerprint density at radius 2 is 1.68 bits per heavy atom. The van der Waals surface area contributed by atoms with Gasteiger partial charge in [-0.25, -0.2) is 4.98 Å². The molecule has 8 heteroatoms. The maximum atomic E-state index is 12.5. The molecule has 0 fully saturated rings. The van der Waals surface area contributed by atoms with Gasteiger partial charge in [0.2, 0.25) is 5.89 Å². The summed E-state index contributed by atoms with van der Waals surface area (Å²) in [6.45, 7) is -6.18. The number of oxazole rings is 1. The highest BCUT2D eigenvalue weighted by Gasteiger charge is 2.12. The molecule has 1 heterocycles. The first kappa shape index (κ1) is 16.8. The third-order valence-electron chi connectivity index (χ3n) is 3.14. The van der Waals surface area contributed by atoms with E-state index in [1.165, 1.54) is 24.3 Å². The van der Waals surface area contributed by atoms with Crippen LogP contribution in [0.4, 0.5) is 17.6 Å². The normalized spacial score (nSPS) is 11.8. The second-order valence-electron chi connectivity index (χ2n) is 4.81. The molecule has 0 aliphatic carbocycles. The molecule has 3 aromatic rings. The van der Waals surface area contributed by atoms with Crippen molar-refractivity contribution in [3.05, 3.63) is 53.9 Å². The third kappa shape index (κ3) is 4.28. The maximum Gasteiger partial charge on any atom is 0.387 e. The largest absolute Gasteiger partial charge is 0.437 e. The van der Waals surface area contributed by atoms with E-state index in [4.69, 9.17) is 4.42 Å². The lowest BCUT2D eigenvalue weighted by atomic mass is 10.1. The highest BCUT2D eigenvalue weighted by atomic mass is 19.3. The molecule has 1 aromatic heterocycles. The summed E-state index contributed by atoms with van der Waals surface area (Å²) in [5, 5.41) is 0. The van der Waals surface area contributed by atoms with E-state index in [-0.39, 0.29) is 23.0 Å². The summed E-state index contributed by atoms with van der Waals surface area (Å²) in [5.41, 5.74) is 1.45. The van der Waals surface area contributed by atoms with Crippen molar-refractivity contribution in [3.63, 3.8) is 0 Å². The molecule has 0 aliphatic rings. The number of para-hydroxylation sites is 2. The second-order valence-corrected chi connectivity index (χ2v) is 4.81. The van der Waals surface area contributed by atoms with E-state index in [9.17, 15) is 17.6 Å². The zero-order valence-corrected chi connectivity index (χ0v) is 12.5. The monoisotopic (exact) mass is 353 g/mol. The Hall–Kier alpha value is -3.03. The number of rotatable bonds is 6. The fraction of sp³-hybridized carbons (Fsp3) is 0.118. The number of aromatic nitrogens is 1. The Morgan fingerprint density at radius 1 is 0.920 bits per heavy atom. The number of alkyl halides is 4. The lowest BCUT2D eigenvalue weighted by Crippen LogP contribution is -2.05. The van der Waals surface area contributed by atoms with E-state index < -0.39 is 13.2 Å². The number of hydrogen-bond acceptors (Lipinski definition) is 4. The molecule has 4 nitrogen and oxygen atoms in total. The van der Waals surface area contributed by atoms with Crippen LogP contribution in [0.1, 0.15) is 11.5 Å². The summed E-state index contributed by atoms with van der Waals surface area (Å²) in [6, 6.07) is 10.6. The molecule has 0 bridgehead atoms. The van der Waals surface area contributed by atoms with Crippen LogP contribution in [0.2, 0.25) is 0 Å². The van der Waals surface area contributed by atoms with Crippen LogP contribution in [-0.2, 0) is 0 Å². The Morgan fingerprint density at radius 3 is 2.40 bits per heavy atom. The molecule has 0 spiro atoms. The van der Waals surface area contributed by atoms with Crippen LogP contribution in [-0.4, -0.2) is 18.2 Å². The molecule has 2 aromatic carbocycles. The van der Waals surface area contributed by atoms with Crippen molar-refractivity contribution >= 4 is 23.3 Å². The number of fused-ring (bicyclic) bond motifs is 1. The van der Waals surface area contributed by atoms with Gasteiger partial charge >= 0.3 is 13.2 Å². The molecule has 25 heavy (non-hydrogen) atoms. The van der Waals surface area contributed by atoms with E-state index >= 15 is 0 Å². The van der Waals surface area contributed by atoms with Crippen LogP contribution in [0.3, 0.4) is 0 Å². The summed E-state index contributed by atoms with van der Waals surface area (Å²) in [7, 11) is 0. The number of nitrogens with zero attached hydrogens (tertiary/aromatic N) is 1.